The van der Waals surface area contributed by atoms with Crippen molar-refractivity contribution in [2.75, 3.05) is 13.7 Å². The van der Waals surface area contributed by atoms with Crippen LogP contribution < -0.4 is 5.32 Å². The topological polar surface area (TPSA) is 21.3 Å². The molecule has 0 heterocycles. The fourth-order valence-electron chi connectivity index (χ4n) is 3.59. The molecule has 1 saturated carbocycles. The van der Waals surface area contributed by atoms with Crippen LogP contribution in [0.5, 0.6) is 0 Å². The lowest BCUT2D eigenvalue weighted by Crippen LogP contribution is -2.45. The van der Waals surface area contributed by atoms with Gasteiger partial charge in [0.05, 0.1) is 11.6 Å². The van der Waals surface area contributed by atoms with Crippen molar-refractivity contribution in [2.24, 2.45) is 0 Å². The van der Waals surface area contributed by atoms with E-state index in [1.165, 1.54) is 49.7 Å². The van der Waals surface area contributed by atoms with Crippen molar-refractivity contribution in [3.63, 3.8) is 0 Å². The zero-order valence-electron chi connectivity index (χ0n) is 14.0. The first-order valence-corrected chi connectivity index (χ1v) is 8.57. The lowest BCUT2D eigenvalue weighted by Gasteiger charge is -2.40. The molecule has 2 rings (SSSR count). The summed E-state index contributed by atoms with van der Waals surface area (Å²) < 4.78 is 6.14. The van der Waals surface area contributed by atoms with E-state index < -0.39 is 0 Å². The van der Waals surface area contributed by atoms with Gasteiger partial charge < -0.3 is 10.1 Å². The van der Waals surface area contributed by atoms with E-state index >= 15 is 0 Å². The Morgan fingerprint density at radius 1 is 1.10 bits per heavy atom. The van der Waals surface area contributed by atoms with E-state index in [1.807, 2.05) is 7.11 Å². The van der Waals surface area contributed by atoms with Crippen molar-refractivity contribution in [1.29, 1.82) is 0 Å². The van der Waals surface area contributed by atoms with Crippen LogP contribution in [0.1, 0.15) is 69.0 Å². The molecule has 1 N–H and O–H groups in total. The van der Waals surface area contributed by atoms with Gasteiger partial charge >= 0.3 is 0 Å². The van der Waals surface area contributed by atoms with Gasteiger partial charge in [0, 0.05) is 7.11 Å². The van der Waals surface area contributed by atoms with Gasteiger partial charge in [0.1, 0.15) is 0 Å². The highest BCUT2D eigenvalue weighted by Gasteiger charge is 2.39. The maximum atomic E-state index is 6.14. The fraction of sp³-hybridized carbons (Fsp3) is 0.684. The third-order valence-electron chi connectivity index (χ3n) is 4.89. The average molecular weight is 289 g/mol. The van der Waals surface area contributed by atoms with Gasteiger partial charge in [-0.25, -0.2) is 0 Å². The summed E-state index contributed by atoms with van der Waals surface area (Å²) in [6.45, 7) is 5.42. The molecule has 2 heteroatoms. The standard InChI is InChI=1S/C19H31NO/c1-4-15-20-18(17-11-9-16(2)10-12-17)19(21-3)13-7-5-6-8-14-19/h9-12,18,20H,4-8,13-15H2,1-3H3. The van der Waals surface area contributed by atoms with Gasteiger partial charge in [-0.05, 0) is 38.3 Å². The Balaban J connectivity index is 2.29. The number of rotatable bonds is 6. The van der Waals surface area contributed by atoms with E-state index in [4.69, 9.17) is 4.74 Å². The number of nitrogens with one attached hydrogen (secondary N) is 1. The predicted octanol–water partition coefficient (Wildman–Crippen LogP) is 4.78. The third-order valence-corrected chi connectivity index (χ3v) is 4.89. The minimum absolute atomic E-state index is 0.0407. The minimum atomic E-state index is -0.0407. The smallest absolute Gasteiger partial charge is 0.0872 e. The molecular formula is C19H31NO. The Bertz CT molecular complexity index is 404. The number of ether oxygens (including phenoxy) is 1. The summed E-state index contributed by atoms with van der Waals surface area (Å²) in [5.41, 5.74) is 2.65. The van der Waals surface area contributed by atoms with Crippen molar-refractivity contribution in [3.05, 3.63) is 35.4 Å². The van der Waals surface area contributed by atoms with E-state index in [-0.39, 0.29) is 5.60 Å². The van der Waals surface area contributed by atoms with Crippen molar-refractivity contribution in [3.8, 4) is 0 Å². The number of methoxy groups -OCH3 is 1. The molecule has 0 aromatic heterocycles. The Labute approximate surface area is 130 Å². The first-order valence-electron chi connectivity index (χ1n) is 8.57. The van der Waals surface area contributed by atoms with Gasteiger partial charge in [0.15, 0.2) is 0 Å². The fourth-order valence-corrected chi connectivity index (χ4v) is 3.59. The van der Waals surface area contributed by atoms with Crippen molar-refractivity contribution < 1.29 is 4.74 Å². The monoisotopic (exact) mass is 289 g/mol. The van der Waals surface area contributed by atoms with Crippen molar-refractivity contribution in [1.82, 2.24) is 5.32 Å². The summed E-state index contributed by atoms with van der Waals surface area (Å²) in [6, 6.07) is 9.29. The molecule has 0 amide bonds. The van der Waals surface area contributed by atoms with Gasteiger partial charge in [0.25, 0.3) is 0 Å². The molecule has 0 spiro atoms. The predicted molar refractivity (Wildman–Crippen MR) is 89.7 cm³/mol. The molecule has 0 aliphatic heterocycles. The molecule has 118 valence electrons. The molecule has 0 saturated heterocycles. The van der Waals surface area contributed by atoms with Crippen molar-refractivity contribution >= 4 is 0 Å². The first-order chi connectivity index (χ1) is 10.2. The Morgan fingerprint density at radius 2 is 1.71 bits per heavy atom. The van der Waals surface area contributed by atoms with Crippen LogP contribution in [0.3, 0.4) is 0 Å². The lowest BCUT2D eigenvalue weighted by molar-refractivity contribution is -0.0540. The highest BCUT2D eigenvalue weighted by Crippen LogP contribution is 2.40. The van der Waals surface area contributed by atoms with E-state index in [1.54, 1.807) is 0 Å². The molecular weight excluding hydrogens is 258 g/mol. The number of hydrogen-bond acceptors (Lipinski definition) is 2. The molecule has 1 fully saturated rings. The summed E-state index contributed by atoms with van der Waals surface area (Å²) in [4.78, 5) is 0. The SMILES string of the molecule is CCCNC(c1ccc(C)cc1)C1(OC)CCCCCC1. The molecule has 0 radical (unpaired) electrons. The summed E-state index contributed by atoms with van der Waals surface area (Å²) in [5.74, 6) is 0. The Hall–Kier alpha value is -0.860. The molecule has 1 atom stereocenters. The Kier molecular flexibility index (Phi) is 6.25. The summed E-state index contributed by atoms with van der Waals surface area (Å²) in [6.07, 6.45) is 8.74. The summed E-state index contributed by atoms with van der Waals surface area (Å²) >= 11 is 0. The van der Waals surface area contributed by atoms with Gasteiger partial charge in [0.2, 0.25) is 0 Å². The van der Waals surface area contributed by atoms with Gasteiger partial charge in [-0.15, -0.1) is 0 Å². The molecule has 1 aliphatic rings. The van der Waals surface area contributed by atoms with Gasteiger partial charge in [-0.3, -0.25) is 0 Å². The molecule has 0 bridgehead atoms. The quantitative estimate of drug-likeness (QED) is 0.761. The zero-order valence-corrected chi connectivity index (χ0v) is 14.0. The Morgan fingerprint density at radius 3 is 2.24 bits per heavy atom. The molecule has 2 nitrogen and oxygen atoms in total. The van der Waals surface area contributed by atoms with Crippen LogP contribution in [0.25, 0.3) is 0 Å². The van der Waals surface area contributed by atoms with Crippen LogP contribution in [0, 0.1) is 6.92 Å². The highest BCUT2D eigenvalue weighted by molar-refractivity contribution is 5.26. The largest absolute Gasteiger partial charge is 0.376 e. The molecule has 1 unspecified atom stereocenters. The zero-order chi connectivity index (χ0) is 15.1. The van der Waals surface area contributed by atoms with Crippen LogP contribution in [0.2, 0.25) is 0 Å². The summed E-state index contributed by atoms with van der Waals surface area (Å²) in [7, 11) is 1.90. The lowest BCUT2D eigenvalue weighted by atomic mass is 9.82. The van der Waals surface area contributed by atoms with Crippen LogP contribution in [0.15, 0.2) is 24.3 Å². The normalized spacial score (nSPS) is 20.0. The number of benzene rings is 1. The third kappa shape index (κ3) is 4.08. The van der Waals surface area contributed by atoms with Crippen LogP contribution >= 0.6 is 0 Å². The van der Waals surface area contributed by atoms with Crippen molar-refractivity contribution in [2.45, 2.75) is 70.4 Å². The summed E-state index contributed by atoms with van der Waals surface area (Å²) in [5, 5.41) is 3.77. The minimum Gasteiger partial charge on any atom is -0.376 e. The maximum absolute atomic E-state index is 6.14. The second-order valence-electron chi connectivity index (χ2n) is 6.48. The second-order valence-corrected chi connectivity index (χ2v) is 6.48. The van der Waals surface area contributed by atoms with Crippen LogP contribution in [0.4, 0.5) is 0 Å². The maximum Gasteiger partial charge on any atom is 0.0872 e. The average Bonchev–Trinajstić information content (AvgIpc) is 2.76. The van der Waals surface area contributed by atoms with Gasteiger partial charge in [-0.2, -0.15) is 0 Å². The number of aryl methyl sites for hydroxylation is 1. The molecule has 21 heavy (non-hydrogen) atoms. The second kappa shape index (κ2) is 7.95. The van der Waals surface area contributed by atoms with E-state index in [9.17, 15) is 0 Å². The molecule has 1 aromatic carbocycles. The first kappa shape index (κ1) is 16.5. The van der Waals surface area contributed by atoms with Crippen LogP contribution in [-0.4, -0.2) is 19.3 Å². The highest BCUT2D eigenvalue weighted by atomic mass is 16.5. The molecule has 1 aromatic rings. The van der Waals surface area contributed by atoms with E-state index in [2.05, 4.69) is 43.4 Å². The van der Waals surface area contributed by atoms with Gasteiger partial charge in [-0.1, -0.05) is 62.4 Å². The van der Waals surface area contributed by atoms with E-state index in [0.29, 0.717) is 6.04 Å². The number of hydrogen-bond donors (Lipinski definition) is 1. The molecule has 1 aliphatic carbocycles. The van der Waals surface area contributed by atoms with Crippen LogP contribution in [-0.2, 0) is 4.74 Å². The van der Waals surface area contributed by atoms with E-state index in [0.717, 1.165) is 13.0 Å².